The number of amides is 1. The minimum atomic E-state index is 0.194. The van der Waals surface area contributed by atoms with Crippen LogP contribution in [0.15, 0.2) is 0 Å². The summed E-state index contributed by atoms with van der Waals surface area (Å²) in [4.78, 5) is 14.0. The fraction of sp³-hybridized carbons (Fsp3) is 0.923. The Morgan fingerprint density at radius 3 is 2.71 bits per heavy atom. The van der Waals surface area contributed by atoms with E-state index in [1.807, 2.05) is 0 Å². The first-order valence-corrected chi connectivity index (χ1v) is 7.29. The van der Waals surface area contributed by atoms with Crippen LogP contribution in [0, 0.1) is 11.3 Å². The van der Waals surface area contributed by atoms with Gasteiger partial charge in [0, 0.05) is 38.1 Å². The largest absolute Gasteiger partial charge is 0.381 e. The van der Waals surface area contributed by atoms with Crippen molar-refractivity contribution in [3.8, 4) is 0 Å². The van der Waals surface area contributed by atoms with Crippen LogP contribution in [0.3, 0.4) is 0 Å². The van der Waals surface area contributed by atoms with E-state index in [4.69, 9.17) is 4.74 Å². The van der Waals surface area contributed by atoms with E-state index in [1.54, 1.807) is 0 Å². The molecule has 17 heavy (non-hydrogen) atoms. The lowest BCUT2D eigenvalue weighted by molar-refractivity contribution is -0.129. The van der Waals surface area contributed by atoms with E-state index < -0.39 is 0 Å². The molecule has 1 amide bonds. The fourth-order valence-electron chi connectivity index (χ4n) is 2.86. The van der Waals surface area contributed by atoms with Gasteiger partial charge in [0.25, 0.3) is 0 Å². The zero-order chi connectivity index (χ0) is 12.3. The Labute approximate surface area is 109 Å². The second kappa shape index (κ2) is 5.61. The molecule has 2 aliphatic heterocycles. The molecule has 2 heterocycles. The first kappa shape index (κ1) is 13.2. The predicted molar refractivity (Wildman–Crippen MR) is 71.3 cm³/mol. The first-order valence-electron chi connectivity index (χ1n) is 6.65. The summed E-state index contributed by atoms with van der Waals surface area (Å²) in [6, 6.07) is 0. The smallest absolute Gasteiger partial charge is 0.222 e. The molecule has 1 unspecified atom stereocenters. The molecular formula is C13H23NO2S. The summed E-state index contributed by atoms with van der Waals surface area (Å²) in [7, 11) is 0. The second-order valence-corrected chi connectivity index (χ2v) is 5.84. The van der Waals surface area contributed by atoms with Crippen molar-refractivity contribution in [3.63, 3.8) is 0 Å². The standard InChI is InChI=1S/C13H23NO2S/c1-2-11-7-12(15)14(8-11)9-13(10-17)3-5-16-6-4-13/h11,17H,2-10H2,1H3. The van der Waals surface area contributed by atoms with Crippen molar-refractivity contribution < 1.29 is 9.53 Å². The highest BCUT2D eigenvalue weighted by molar-refractivity contribution is 7.80. The van der Waals surface area contributed by atoms with Crippen LogP contribution in [0.5, 0.6) is 0 Å². The van der Waals surface area contributed by atoms with Crippen LogP contribution in [0.2, 0.25) is 0 Å². The summed E-state index contributed by atoms with van der Waals surface area (Å²) in [5.74, 6) is 1.76. The normalized spacial score (nSPS) is 28.7. The molecule has 0 aromatic heterocycles. The van der Waals surface area contributed by atoms with Gasteiger partial charge in [-0.3, -0.25) is 4.79 Å². The molecule has 98 valence electrons. The van der Waals surface area contributed by atoms with Gasteiger partial charge in [0.05, 0.1) is 0 Å². The maximum atomic E-state index is 11.9. The highest BCUT2D eigenvalue weighted by Crippen LogP contribution is 2.34. The Balaban J connectivity index is 1.96. The fourth-order valence-corrected chi connectivity index (χ4v) is 3.27. The van der Waals surface area contributed by atoms with Crippen molar-refractivity contribution in [2.75, 3.05) is 32.1 Å². The van der Waals surface area contributed by atoms with Crippen LogP contribution in [0.25, 0.3) is 0 Å². The lowest BCUT2D eigenvalue weighted by Crippen LogP contribution is -2.43. The second-order valence-electron chi connectivity index (χ2n) is 5.52. The Morgan fingerprint density at radius 1 is 1.47 bits per heavy atom. The number of rotatable bonds is 4. The molecule has 0 aromatic rings. The zero-order valence-corrected chi connectivity index (χ0v) is 11.5. The minimum Gasteiger partial charge on any atom is -0.381 e. The number of thiol groups is 1. The molecule has 0 N–H and O–H groups in total. The molecule has 0 aliphatic carbocycles. The van der Waals surface area contributed by atoms with Crippen molar-refractivity contribution in [1.29, 1.82) is 0 Å². The lowest BCUT2D eigenvalue weighted by atomic mass is 9.81. The molecule has 2 saturated heterocycles. The monoisotopic (exact) mass is 257 g/mol. The molecule has 1 atom stereocenters. The van der Waals surface area contributed by atoms with Crippen molar-refractivity contribution in [1.82, 2.24) is 4.90 Å². The molecular weight excluding hydrogens is 234 g/mol. The Morgan fingerprint density at radius 2 is 2.18 bits per heavy atom. The molecule has 2 aliphatic rings. The number of likely N-dealkylation sites (tertiary alicyclic amines) is 1. The zero-order valence-electron chi connectivity index (χ0n) is 10.7. The topological polar surface area (TPSA) is 29.5 Å². The maximum Gasteiger partial charge on any atom is 0.222 e. The number of hydrogen-bond donors (Lipinski definition) is 1. The van der Waals surface area contributed by atoms with Crippen molar-refractivity contribution in [3.05, 3.63) is 0 Å². The third kappa shape index (κ3) is 2.97. The summed E-state index contributed by atoms with van der Waals surface area (Å²) in [5.41, 5.74) is 0.194. The summed E-state index contributed by atoms with van der Waals surface area (Å²) in [5, 5.41) is 0. The lowest BCUT2D eigenvalue weighted by Gasteiger charge is -2.39. The molecule has 0 bridgehead atoms. The van der Waals surface area contributed by atoms with Crippen LogP contribution in [-0.2, 0) is 9.53 Å². The molecule has 4 heteroatoms. The van der Waals surface area contributed by atoms with Crippen LogP contribution in [0.1, 0.15) is 32.6 Å². The third-order valence-corrected chi connectivity index (χ3v) is 4.96. The third-order valence-electron chi connectivity index (χ3n) is 4.29. The van der Waals surface area contributed by atoms with E-state index in [9.17, 15) is 4.79 Å². The minimum absolute atomic E-state index is 0.194. The van der Waals surface area contributed by atoms with Gasteiger partial charge in [0.2, 0.25) is 5.91 Å². The van der Waals surface area contributed by atoms with E-state index in [-0.39, 0.29) is 5.41 Å². The van der Waals surface area contributed by atoms with E-state index in [0.717, 1.165) is 57.7 Å². The van der Waals surface area contributed by atoms with Crippen molar-refractivity contribution in [2.24, 2.45) is 11.3 Å². The average molecular weight is 257 g/mol. The predicted octanol–water partition coefficient (Wildman–Crippen LogP) is 1.97. The van der Waals surface area contributed by atoms with E-state index in [2.05, 4.69) is 24.5 Å². The molecule has 0 aromatic carbocycles. The van der Waals surface area contributed by atoms with Gasteiger partial charge in [0.15, 0.2) is 0 Å². The van der Waals surface area contributed by atoms with Crippen molar-refractivity contribution in [2.45, 2.75) is 32.6 Å². The SMILES string of the molecule is CCC1CC(=O)N(CC2(CS)CCOCC2)C1. The Hall–Kier alpha value is -0.220. The molecule has 0 spiro atoms. The van der Waals surface area contributed by atoms with Gasteiger partial charge in [-0.2, -0.15) is 12.6 Å². The Kier molecular flexibility index (Phi) is 4.36. The molecule has 3 nitrogen and oxygen atoms in total. The summed E-state index contributed by atoms with van der Waals surface area (Å²) < 4.78 is 5.42. The average Bonchev–Trinajstić information content (AvgIpc) is 2.71. The van der Waals surface area contributed by atoms with Gasteiger partial charge in [-0.05, 0) is 24.5 Å². The van der Waals surface area contributed by atoms with Crippen LogP contribution in [-0.4, -0.2) is 42.9 Å². The molecule has 0 saturated carbocycles. The van der Waals surface area contributed by atoms with E-state index >= 15 is 0 Å². The van der Waals surface area contributed by atoms with Crippen LogP contribution < -0.4 is 0 Å². The van der Waals surface area contributed by atoms with Gasteiger partial charge >= 0.3 is 0 Å². The van der Waals surface area contributed by atoms with E-state index in [0.29, 0.717) is 11.8 Å². The maximum absolute atomic E-state index is 11.9. The van der Waals surface area contributed by atoms with Gasteiger partial charge in [-0.1, -0.05) is 13.3 Å². The van der Waals surface area contributed by atoms with Gasteiger partial charge in [-0.25, -0.2) is 0 Å². The number of nitrogens with zero attached hydrogens (tertiary/aromatic N) is 1. The number of carbonyl (C=O) groups excluding carboxylic acids is 1. The highest BCUT2D eigenvalue weighted by atomic mass is 32.1. The Bertz CT molecular complexity index is 277. The van der Waals surface area contributed by atoms with Gasteiger partial charge in [0.1, 0.15) is 0 Å². The quantitative estimate of drug-likeness (QED) is 0.780. The van der Waals surface area contributed by atoms with Gasteiger partial charge in [-0.15, -0.1) is 0 Å². The summed E-state index contributed by atoms with van der Waals surface area (Å²) >= 11 is 4.50. The van der Waals surface area contributed by atoms with Gasteiger partial charge < -0.3 is 9.64 Å². The summed E-state index contributed by atoms with van der Waals surface area (Å²) in [6.45, 7) is 5.64. The van der Waals surface area contributed by atoms with Crippen LogP contribution in [0.4, 0.5) is 0 Å². The molecule has 0 radical (unpaired) electrons. The number of ether oxygens (including phenoxy) is 1. The van der Waals surface area contributed by atoms with E-state index in [1.165, 1.54) is 0 Å². The summed E-state index contributed by atoms with van der Waals surface area (Å²) in [6.07, 6.45) is 3.93. The first-order chi connectivity index (χ1) is 8.19. The number of hydrogen-bond acceptors (Lipinski definition) is 3. The highest BCUT2D eigenvalue weighted by Gasteiger charge is 2.37. The van der Waals surface area contributed by atoms with Crippen LogP contribution >= 0.6 is 12.6 Å². The number of carbonyl (C=O) groups is 1. The molecule has 2 fully saturated rings. The van der Waals surface area contributed by atoms with Crippen molar-refractivity contribution >= 4 is 18.5 Å². The molecule has 2 rings (SSSR count).